The number of hydrogen-bond acceptors (Lipinski definition) is 2. The molecule has 1 aliphatic carbocycles. The van der Waals surface area contributed by atoms with Crippen LogP contribution in [-0.2, 0) is 12.8 Å². The lowest BCUT2D eigenvalue weighted by Gasteiger charge is -2.14. The van der Waals surface area contributed by atoms with Gasteiger partial charge in [0.25, 0.3) is 0 Å². The van der Waals surface area contributed by atoms with Gasteiger partial charge in [0.2, 0.25) is 0 Å². The van der Waals surface area contributed by atoms with E-state index in [1.54, 1.807) is 6.07 Å². The number of fused-ring (bicyclic) bond motifs is 1. The molecule has 1 aromatic rings. The van der Waals surface area contributed by atoms with Gasteiger partial charge in [-0.2, -0.15) is 0 Å². The predicted molar refractivity (Wildman–Crippen MR) is 66.2 cm³/mol. The monoisotopic (exact) mass is 254 g/mol. The summed E-state index contributed by atoms with van der Waals surface area (Å²) in [4.78, 5) is 11.2. The van der Waals surface area contributed by atoms with E-state index in [0.717, 1.165) is 43.2 Å². The molecule has 0 aromatic heterocycles. The highest BCUT2D eigenvalue weighted by Crippen LogP contribution is 2.37. The van der Waals surface area contributed by atoms with E-state index in [2.05, 4.69) is 0 Å². The molecule has 0 bridgehead atoms. The Morgan fingerprint density at radius 1 is 1.35 bits per heavy atom. The van der Waals surface area contributed by atoms with Crippen LogP contribution in [0.4, 0.5) is 0 Å². The molecule has 0 radical (unpaired) electrons. The molecule has 1 aromatic carbocycles. The second kappa shape index (κ2) is 4.96. The van der Waals surface area contributed by atoms with E-state index in [4.69, 9.17) is 21.4 Å². The molecular formula is C13H15ClO3. The molecule has 2 rings (SSSR count). The number of ether oxygens (including phenoxy) is 1. The number of rotatable bonds is 2. The number of carbonyl (C=O) groups is 1. The van der Waals surface area contributed by atoms with Crippen molar-refractivity contribution in [1.82, 2.24) is 0 Å². The summed E-state index contributed by atoms with van der Waals surface area (Å²) in [6, 6.07) is 1.72. The van der Waals surface area contributed by atoms with Crippen LogP contribution in [0, 0.1) is 0 Å². The van der Waals surface area contributed by atoms with Gasteiger partial charge in [0.05, 0.1) is 12.1 Å². The number of hydrogen-bond donors (Lipinski definition) is 1. The van der Waals surface area contributed by atoms with Crippen molar-refractivity contribution < 1.29 is 14.6 Å². The summed E-state index contributed by atoms with van der Waals surface area (Å²) in [5.74, 6) is -0.699. The normalized spacial score (nSPS) is 14.9. The molecule has 0 saturated carbocycles. The summed E-state index contributed by atoms with van der Waals surface area (Å²) < 4.78 is 5.13. The van der Waals surface area contributed by atoms with Crippen LogP contribution in [-0.4, -0.2) is 18.2 Å². The third kappa shape index (κ3) is 2.25. The maximum Gasteiger partial charge on any atom is 0.339 e. The predicted octanol–water partition coefficient (Wildman–Crippen LogP) is 3.32. The summed E-state index contributed by atoms with van der Waals surface area (Å²) in [5, 5.41) is 9.63. The van der Waals surface area contributed by atoms with Crippen LogP contribution in [0.3, 0.4) is 0 Å². The topological polar surface area (TPSA) is 46.5 Å². The van der Waals surface area contributed by atoms with E-state index in [9.17, 15) is 4.79 Å². The molecule has 0 unspecified atom stereocenters. The summed E-state index contributed by atoms with van der Waals surface area (Å²) in [6.45, 7) is 0. The van der Waals surface area contributed by atoms with Crippen LogP contribution in [0.15, 0.2) is 6.07 Å². The third-order valence-corrected chi connectivity index (χ3v) is 3.62. The Balaban J connectivity index is 2.61. The van der Waals surface area contributed by atoms with Crippen molar-refractivity contribution in [3.63, 3.8) is 0 Å². The highest BCUT2D eigenvalue weighted by Gasteiger charge is 2.22. The van der Waals surface area contributed by atoms with Gasteiger partial charge in [0.15, 0.2) is 5.75 Å². The fraction of sp³-hybridized carbons (Fsp3) is 0.462. The molecule has 0 spiro atoms. The third-order valence-electron chi connectivity index (χ3n) is 3.22. The van der Waals surface area contributed by atoms with Gasteiger partial charge in [-0.1, -0.05) is 18.0 Å². The molecule has 4 heteroatoms. The lowest BCUT2D eigenvalue weighted by atomic mass is 9.99. The number of halogens is 1. The van der Waals surface area contributed by atoms with Gasteiger partial charge in [-0.3, -0.25) is 0 Å². The van der Waals surface area contributed by atoms with Crippen molar-refractivity contribution in [2.24, 2.45) is 0 Å². The quantitative estimate of drug-likeness (QED) is 0.824. The van der Waals surface area contributed by atoms with Gasteiger partial charge in [0, 0.05) is 0 Å². The van der Waals surface area contributed by atoms with E-state index in [1.165, 1.54) is 7.11 Å². The first-order chi connectivity index (χ1) is 8.15. The molecule has 3 nitrogen and oxygen atoms in total. The summed E-state index contributed by atoms with van der Waals surface area (Å²) in [5.41, 5.74) is 2.29. The molecule has 92 valence electrons. The fourth-order valence-corrected chi connectivity index (χ4v) is 2.76. The van der Waals surface area contributed by atoms with E-state index in [-0.39, 0.29) is 5.56 Å². The minimum Gasteiger partial charge on any atom is -0.494 e. The van der Waals surface area contributed by atoms with Crippen molar-refractivity contribution in [2.75, 3.05) is 7.11 Å². The van der Waals surface area contributed by atoms with Gasteiger partial charge in [-0.25, -0.2) is 4.79 Å². The van der Waals surface area contributed by atoms with E-state index in [0.29, 0.717) is 10.8 Å². The second-order valence-corrected chi connectivity index (χ2v) is 4.65. The van der Waals surface area contributed by atoms with Gasteiger partial charge in [0.1, 0.15) is 5.56 Å². The summed E-state index contributed by atoms with van der Waals surface area (Å²) in [6.07, 6.45) is 5.16. The number of benzene rings is 1. The molecule has 0 saturated heterocycles. The minimum atomic E-state index is -0.990. The first kappa shape index (κ1) is 12.2. The molecule has 0 aliphatic heterocycles. The van der Waals surface area contributed by atoms with Crippen LogP contribution in [0.1, 0.15) is 40.7 Å². The van der Waals surface area contributed by atoms with Gasteiger partial charge in [-0.05, 0) is 42.9 Å². The standard InChI is InChI=1S/C13H15ClO3/c1-17-12-10(13(15)16)7-8-5-3-2-4-6-9(8)11(12)14/h7H,2-6H2,1H3,(H,15,16). The second-order valence-electron chi connectivity index (χ2n) is 4.27. The molecule has 0 heterocycles. The average molecular weight is 255 g/mol. The van der Waals surface area contributed by atoms with Crippen molar-refractivity contribution in [3.05, 3.63) is 27.8 Å². The Labute approximate surface area is 105 Å². The molecule has 1 N–H and O–H groups in total. The Bertz CT molecular complexity index is 454. The highest BCUT2D eigenvalue weighted by atomic mass is 35.5. The first-order valence-corrected chi connectivity index (χ1v) is 6.14. The molecule has 0 fully saturated rings. The molecule has 0 atom stereocenters. The number of aromatic carboxylic acids is 1. The maximum atomic E-state index is 11.2. The van der Waals surface area contributed by atoms with Crippen molar-refractivity contribution in [2.45, 2.75) is 32.1 Å². The Morgan fingerprint density at radius 2 is 2.06 bits per heavy atom. The number of carboxylic acids is 1. The van der Waals surface area contributed by atoms with Crippen molar-refractivity contribution in [3.8, 4) is 5.75 Å². The molecule has 17 heavy (non-hydrogen) atoms. The molecular weight excluding hydrogens is 240 g/mol. The zero-order valence-electron chi connectivity index (χ0n) is 9.75. The van der Waals surface area contributed by atoms with Crippen molar-refractivity contribution >= 4 is 17.6 Å². The van der Waals surface area contributed by atoms with Gasteiger partial charge < -0.3 is 9.84 Å². The van der Waals surface area contributed by atoms with Crippen LogP contribution in [0.25, 0.3) is 0 Å². The van der Waals surface area contributed by atoms with Crippen LogP contribution in [0.5, 0.6) is 5.75 Å². The van der Waals surface area contributed by atoms with Gasteiger partial charge in [-0.15, -0.1) is 0 Å². The first-order valence-electron chi connectivity index (χ1n) is 5.76. The smallest absolute Gasteiger partial charge is 0.339 e. The zero-order valence-corrected chi connectivity index (χ0v) is 10.5. The zero-order chi connectivity index (χ0) is 12.4. The number of aryl methyl sites for hydroxylation is 1. The lowest BCUT2D eigenvalue weighted by Crippen LogP contribution is -2.05. The van der Waals surface area contributed by atoms with Crippen LogP contribution >= 0.6 is 11.6 Å². The van der Waals surface area contributed by atoms with Crippen LogP contribution in [0.2, 0.25) is 5.02 Å². The highest BCUT2D eigenvalue weighted by molar-refractivity contribution is 6.33. The molecule has 0 amide bonds. The molecule has 1 aliphatic rings. The lowest BCUT2D eigenvalue weighted by molar-refractivity contribution is 0.0693. The Morgan fingerprint density at radius 3 is 2.71 bits per heavy atom. The average Bonchev–Trinajstić information content (AvgIpc) is 2.54. The SMILES string of the molecule is COc1c(C(=O)O)cc2c(c1Cl)CCCCC2. The summed E-state index contributed by atoms with van der Waals surface area (Å²) in [7, 11) is 1.46. The Hall–Kier alpha value is -1.22. The number of methoxy groups -OCH3 is 1. The van der Waals surface area contributed by atoms with E-state index < -0.39 is 5.97 Å². The van der Waals surface area contributed by atoms with Gasteiger partial charge >= 0.3 is 5.97 Å². The fourth-order valence-electron chi connectivity index (χ4n) is 2.37. The van der Waals surface area contributed by atoms with Crippen molar-refractivity contribution in [1.29, 1.82) is 0 Å². The van der Waals surface area contributed by atoms with E-state index >= 15 is 0 Å². The largest absolute Gasteiger partial charge is 0.494 e. The van der Waals surface area contributed by atoms with E-state index in [1.807, 2.05) is 0 Å². The Kier molecular flexibility index (Phi) is 3.57. The summed E-state index contributed by atoms with van der Waals surface area (Å²) >= 11 is 6.26. The van der Waals surface area contributed by atoms with Crippen LogP contribution < -0.4 is 4.74 Å². The maximum absolute atomic E-state index is 11.2. The number of carboxylic acid groups (broad SMARTS) is 1. The minimum absolute atomic E-state index is 0.165.